The van der Waals surface area contributed by atoms with Gasteiger partial charge in [-0.2, -0.15) is 0 Å². The summed E-state index contributed by atoms with van der Waals surface area (Å²) in [4.78, 5) is 6.38. The van der Waals surface area contributed by atoms with Crippen LogP contribution in [0.4, 0.5) is 5.82 Å². The molecule has 0 unspecified atom stereocenters. The molecule has 0 aliphatic carbocycles. The summed E-state index contributed by atoms with van der Waals surface area (Å²) < 4.78 is 0. The first-order valence-corrected chi connectivity index (χ1v) is 6.74. The SMILES string of the molecule is C[C@H](O)c1ccc(N(CCO)Cc2ccccc2)nc1. The zero-order chi connectivity index (χ0) is 14.4. The van der Waals surface area contributed by atoms with Crippen molar-refractivity contribution in [2.75, 3.05) is 18.1 Å². The molecule has 106 valence electrons. The van der Waals surface area contributed by atoms with Crippen molar-refractivity contribution in [3.05, 3.63) is 59.8 Å². The molecule has 0 aliphatic heterocycles. The molecule has 0 spiro atoms. The highest BCUT2D eigenvalue weighted by molar-refractivity contribution is 5.40. The number of nitrogens with zero attached hydrogens (tertiary/aromatic N) is 2. The van der Waals surface area contributed by atoms with Crippen molar-refractivity contribution in [2.24, 2.45) is 0 Å². The van der Waals surface area contributed by atoms with E-state index in [1.54, 1.807) is 13.1 Å². The number of hydrogen-bond acceptors (Lipinski definition) is 4. The first kappa shape index (κ1) is 14.5. The average molecular weight is 272 g/mol. The Kier molecular flexibility index (Phi) is 5.09. The molecule has 4 heteroatoms. The summed E-state index contributed by atoms with van der Waals surface area (Å²) in [6, 6.07) is 13.8. The predicted molar refractivity (Wildman–Crippen MR) is 79.4 cm³/mol. The molecule has 20 heavy (non-hydrogen) atoms. The minimum Gasteiger partial charge on any atom is -0.395 e. The number of pyridine rings is 1. The molecule has 1 aromatic heterocycles. The molecule has 0 amide bonds. The lowest BCUT2D eigenvalue weighted by Crippen LogP contribution is -2.27. The quantitative estimate of drug-likeness (QED) is 0.846. The molecule has 2 N–H and O–H groups in total. The summed E-state index contributed by atoms with van der Waals surface area (Å²) >= 11 is 0. The van der Waals surface area contributed by atoms with E-state index in [0.717, 1.165) is 11.4 Å². The third kappa shape index (κ3) is 3.79. The third-order valence-corrected chi connectivity index (χ3v) is 3.16. The Morgan fingerprint density at radius 1 is 1.15 bits per heavy atom. The molecule has 2 aromatic rings. The Balaban J connectivity index is 2.15. The van der Waals surface area contributed by atoms with Gasteiger partial charge in [-0.1, -0.05) is 36.4 Å². The fourth-order valence-electron chi connectivity index (χ4n) is 2.03. The van der Waals surface area contributed by atoms with Crippen LogP contribution in [0.15, 0.2) is 48.7 Å². The van der Waals surface area contributed by atoms with Crippen LogP contribution < -0.4 is 4.90 Å². The molecular weight excluding hydrogens is 252 g/mol. The van der Waals surface area contributed by atoms with Gasteiger partial charge in [0.15, 0.2) is 0 Å². The molecule has 2 rings (SSSR count). The van der Waals surface area contributed by atoms with Gasteiger partial charge >= 0.3 is 0 Å². The standard InChI is InChI=1S/C16H20N2O2/c1-13(20)15-7-8-16(17-11-15)18(9-10-19)12-14-5-3-2-4-6-14/h2-8,11,13,19-20H,9-10,12H2,1H3/t13-/m0/s1. The zero-order valence-corrected chi connectivity index (χ0v) is 11.6. The molecule has 1 atom stereocenters. The lowest BCUT2D eigenvalue weighted by Gasteiger charge is -2.23. The van der Waals surface area contributed by atoms with Crippen molar-refractivity contribution in [1.82, 2.24) is 4.98 Å². The normalized spacial score (nSPS) is 12.2. The highest BCUT2D eigenvalue weighted by Crippen LogP contribution is 2.17. The molecule has 0 saturated heterocycles. The van der Waals surface area contributed by atoms with E-state index in [2.05, 4.69) is 17.1 Å². The summed E-state index contributed by atoms with van der Waals surface area (Å²) in [6.07, 6.45) is 1.16. The van der Waals surface area contributed by atoms with Gasteiger partial charge in [0.2, 0.25) is 0 Å². The van der Waals surface area contributed by atoms with Crippen molar-refractivity contribution >= 4 is 5.82 Å². The summed E-state index contributed by atoms with van der Waals surface area (Å²) in [5, 5.41) is 18.7. The van der Waals surface area contributed by atoms with Crippen LogP contribution >= 0.6 is 0 Å². The number of aromatic nitrogens is 1. The molecule has 1 heterocycles. The molecule has 0 bridgehead atoms. The summed E-state index contributed by atoms with van der Waals surface area (Å²) in [7, 11) is 0. The molecule has 1 aromatic carbocycles. The van der Waals surface area contributed by atoms with Crippen LogP contribution in [0.1, 0.15) is 24.2 Å². The van der Waals surface area contributed by atoms with Crippen molar-refractivity contribution in [1.29, 1.82) is 0 Å². The van der Waals surface area contributed by atoms with Crippen molar-refractivity contribution in [2.45, 2.75) is 19.6 Å². The van der Waals surface area contributed by atoms with Gasteiger partial charge in [0.1, 0.15) is 5.82 Å². The number of anilines is 1. The van der Waals surface area contributed by atoms with Crippen molar-refractivity contribution < 1.29 is 10.2 Å². The number of aliphatic hydroxyl groups excluding tert-OH is 2. The van der Waals surface area contributed by atoms with E-state index < -0.39 is 6.10 Å². The molecule has 4 nitrogen and oxygen atoms in total. The molecular formula is C16H20N2O2. The Labute approximate surface area is 119 Å². The van der Waals surface area contributed by atoms with Gasteiger partial charge in [-0.3, -0.25) is 0 Å². The summed E-state index contributed by atoms with van der Waals surface area (Å²) in [6.45, 7) is 3.01. The second-order valence-corrected chi connectivity index (χ2v) is 4.76. The summed E-state index contributed by atoms with van der Waals surface area (Å²) in [5.74, 6) is 0.798. The Morgan fingerprint density at radius 2 is 1.90 bits per heavy atom. The molecule has 0 aliphatic rings. The Bertz CT molecular complexity index is 512. The first-order chi connectivity index (χ1) is 9.70. The van der Waals surface area contributed by atoms with Gasteiger partial charge in [-0.25, -0.2) is 4.98 Å². The smallest absolute Gasteiger partial charge is 0.128 e. The maximum Gasteiger partial charge on any atom is 0.128 e. The maximum atomic E-state index is 9.50. The molecule has 0 saturated carbocycles. The second kappa shape index (κ2) is 7.03. The van der Waals surface area contributed by atoms with Crippen molar-refractivity contribution in [3.8, 4) is 0 Å². The minimum absolute atomic E-state index is 0.0761. The first-order valence-electron chi connectivity index (χ1n) is 6.74. The fraction of sp³-hybridized carbons (Fsp3) is 0.312. The number of hydrogen-bond donors (Lipinski definition) is 2. The van der Waals surface area contributed by atoms with E-state index in [4.69, 9.17) is 0 Å². The monoisotopic (exact) mass is 272 g/mol. The predicted octanol–water partition coefficient (Wildman–Crippen LogP) is 2.13. The average Bonchev–Trinajstić information content (AvgIpc) is 2.48. The Morgan fingerprint density at radius 3 is 2.45 bits per heavy atom. The van der Waals surface area contributed by atoms with Crippen LogP contribution in [0, 0.1) is 0 Å². The van der Waals surface area contributed by atoms with Gasteiger partial charge in [-0.05, 0) is 24.1 Å². The molecule has 0 fully saturated rings. The summed E-state index contributed by atoms with van der Waals surface area (Å²) in [5.41, 5.74) is 1.96. The number of benzene rings is 1. The van der Waals surface area contributed by atoms with Gasteiger partial charge in [0.05, 0.1) is 12.7 Å². The van der Waals surface area contributed by atoms with E-state index in [-0.39, 0.29) is 6.61 Å². The second-order valence-electron chi connectivity index (χ2n) is 4.76. The lowest BCUT2D eigenvalue weighted by atomic mass is 10.2. The van der Waals surface area contributed by atoms with E-state index in [1.165, 1.54) is 5.56 Å². The largest absolute Gasteiger partial charge is 0.395 e. The van der Waals surface area contributed by atoms with E-state index in [9.17, 15) is 10.2 Å². The third-order valence-electron chi connectivity index (χ3n) is 3.16. The van der Waals surface area contributed by atoms with Gasteiger partial charge in [-0.15, -0.1) is 0 Å². The van der Waals surface area contributed by atoms with Crippen LogP contribution in [-0.4, -0.2) is 28.3 Å². The Hall–Kier alpha value is -1.91. The van der Waals surface area contributed by atoms with E-state index in [0.29, 0.717) is 13.1 Å². The topological polar surface area (TPSA) is 56.6 Å². The fourth-order valence-corrected chi connectivity index (χ4v) is 2.03. The van der Waals surface area contributed by atoms with Crippen LogP contribution in [-0.2, 0) is 6.54 Å². The van der Waals surface area contributed by atoms with Crippen LogP contribution in [0.2, 0.25) is 0 Å². The van der Waals surface area contributed by atoms with Crippen LogP contribution in [0.25, 0.3) is 0 Å². The van der Waals surface area contributed by atoms with E-state index >= 15 is 0 Å². The number of aliphatic hydroxyl groups is 2. The lowest BCUT2D eigenvalue weighted by molar-refractivity contribution is 0.199. The number of rotatable bonds is 6. The van der Waals surface area contributed by atoms with Gasteiger partial charge < -0.3 is 15.1 Å². The highest BCUT2D eigenvalue weighted by Gasteiger charge is 2.09. The van der Waals surface area contributed by atoms with Gasteiger partial charge in [0, 0.05) is 19.3 Å². The minimum atomic E-state index is -0.517. The highest BCUT2D eigenvalue weighted by atomic mass is 16.3. The zero-order valence-electron chi connectivity index (χ0n) is 11.6. The van der Waals surface area contributed by atoms with E-state index in [1.807, 2.05) is 35.2 Å². The van der Waals surface area contributed by atoms with Gasteiger partial charge in [0.25, 0.3) is 0 Å². The van der Waals surface area contributed by atoms with Crippen LogP contribution in [0.3, 0.4) is 0 Å². The molecule has 0 radical (unpaired) electrons. The maximum absolute atomic E-state index is 9.50. The van der Waals surface area contributed by atoms with Crippen LogP contribution in [0.5, 0.6) is 0 Å². The van der Waals surface area contributed by atoms with Crippen molar-refractivity contribution in [3.63, 3.8) is 0 Å².